The maximum atomic E-state index is 11.9. The predicted octanol–water partition coefficient (Wildman–Crippen LogP) is 0.865. The van der Waals surface area contributed by atoms with Gasteiger partial charge in [-0.2, -0.15) is 0 Å². The van der Waals surface area contributed by atoms with Crippen molar-refractivity contribution in [3.05, 3.63) is 35.4 Å². The summed E-state index contributed by atoms with van der Waals surface area (Å²) in [4.78, 5) is 11.9. The predicted molar refractivity (Wildman–Crippen MR) is 64.0 cm³/mol. The molecule has 0 saturated heterocycles. The lowest BCUT2D eigenvalue weighted by Gasteiger charge is -2.15. The van der Waals surface area contributed by atoms with Crippen molar-refractivity contribution in [1.29, 1.82) is 0 Å². The number of rotatable bonds is 3. The quantitative estimate of drug-likeness (QED) is 0.790. The molecular formula is C13H18N2O. The zero-order valence-corrected chi connectivity index (χ0v) is 9.57. The summed E-state index contributed by atoms with van der Waals surface area (Å²) in [7, 11) is 0. The van der Waals surface area contributed by atoms with Gasteiger partial charge in [-0.3, -0.25) is 4.79 Å². The summed E-state index contributed by atoms with van der Waals surface area (Å²) in [6.07, 6.45) is 1.72. The molecule has 3 N–H and O–H groups in total. The number of hydrogen-bond acceptors (Lipinski definition) is 2. The molecule has 1 aliphatic carbocycles. The molecule has 0 aliphatic heterocycles. The van der Waals surface area contributed by atoms with Crippen LogP contribution in [0.25, 0.3) is 0 Å². The van der Waals surface area contributed by atoms with Crippen LogP contribution in [0.1, 0.15) is 18.1 Å². The van der Waals surface area contributed by atoms with E-state index in [0.717, 1.165) is 12.8 Å². The van der Waals surface area contributed by atoms with E-state index < -0.39 is 0 Å². The molecule has 1 amide bonds. The lowest BCUT2D eigenvalue weighted by atomic mass is 10.1. The van der Waals surface area contributed by atoms with Crippen LogP contribution < -0.4 is 11.1 Å². The summed E-state index contributed by atoms with van der Waals surface area (Å²) in [6, 6.07) is 8.34. The summed E-state index contributed by atoms with van der Waals surface area (Å²) >= 11 is 0. The van der Waals surface area contributed by atoms with Crippen molar-refractivity contribution in [2.45, 2.75) is 25.8 Å². The number of nitrogens with one attached hydrogen (secondary N) is 1. The Balaban J connectivity index is 1.98. The fourth-order valence-electron chi connectivity index (χ4n) is 2.16. The van der Waals surface area contributed by atoms with Crippen LogP contribution in [0.2, 0.25) is 0 Å². The molecule has 0 radical (unpaired) electrons. The Morgan fingerprint density at radius 1 is 1.44 bits per heavy atom. The number of carbonyl (C=O) groups is 1. The lowest BCUT2D eigenvalue weighted by molar-refractivity contribution is -0.125. The molecule has 16 heavy (non-hydrogen) atoms. The van der Waals surface area contributed by atoms with Crippen molar-refractivity contribution in [2.24, 2.45) is 11.7 Å². The molecule has 0 bridgehead atoms. The van der Waals surface area contributed by atoms with Crippen LogP contribution in [0.5, 0.6) is 0 Å². The first-order valence-electron chi connectivity index (χ1n) is 5.78. The maximum absolute atomic E-state index is 11.9. The molecule has 3 nitrogen and oxygen atoms in total. The standard InChI is InChI=1S/C13H18N2O/c1-9(8-14)15-13(16)12-6-10-4-2-3-5-11(10)7-12/h2-5,9,12H,6-8,14H2,1H3,(H,15,16)/t9-/m1/s1. The van der Waals surface area contributed by atoms with Gasteiger partial charge in [0.1, 0.15) is 0 Å². The Bertz CT molecular complexity index is 364. The summed E-state index contributed by atoms with van der Waals surface area (Å²) in [5, 5.41) is 2.94. The SMILES string of the molecule is C[C@H](CN)NC(=O)C1Cc2ccccc2C1. The monoisotopic (exact) mass is 218 g/mol. The van der Waals surface area contributed by atoms with E-state index in [9.17, 15) is 4.79 Å². The highest BCUT2D eigenvalue weighted by Gasteiger charge is 2.27. The molecule has 0 unspecified atom stereocenters. The van der Waals surface area contributed by atoms with Crippen molar-refractivity contribution >= 4 is 5.91 Å². The summed E-state index contributed by atoms with van der Waals surface area (Å²) in [6.45, 7) is 2.42. The number of nitrogens with two attached hydrogens (primary N) is 1. The molecule has 1 aromatic carbocycles. The van der Waals surface area contributed by atoms with Gasteiger partial charge in [-0.1, -0.05) is 24.3 Å². The van der Waals surface area contributed by atoms with E-state index in [1.165, 1.54) is 11.1 Å². The van der Waals surface area contributed by atoms with Crippen LogP contribution in [-0.4, -0.2) is 18.5 Å². The highest BCUT2D eigenvalue weighted by molar-refractivity contribution is 5.80. The van der Waals surface area contributed by atoms with Crippen LogP contribution in [0.4, 0.5) is 0 Å². The third kappa shape index (κ3) is 2.25. The van der Waals surface area contributed by atoms with Crippen LogP contribution in [-0.2, 0) is 17.6 Å². The van der Waals surface area contributed by atoms with Crippen molar-refractivity contribution < 1.29 is 4.79 Å². The average Bonchev–Trinajstić information content (AvgIpc) is 2.72. The van der Waals surface area contributed by atoms with Gasteiger partial charge in [0.25, 0.3) is 0 Å². The molecule has 2 rings (SSSR count). The van der Waals surface area contributed by atoms with E-state index in [0.29, 0.717) is 6.54 Å². The second kappa shape index (κ2) is 4.66. The molecule has 1 aromatic rings. The topological polar surface area (TPSA) is 55.1 Å². The Morgan fingerprint density at radius 2 is 2.00 bits per heavy atom. The summed E-state index contributed by atoms with van der Waals surface area (Å²) in [5.74, 6) is 0.223. The van der Waals surface area contributed by atoms with Crippen molar-refractivity contribution in [3.8, 4) is 0 Å². The van der Waals surface area contributed by atoms with Crippen LogP contribution >= 0.6 is 0 Å². The minimum atomic E-state index is 0.0659. The molecule has 0 heterocycles. The van der Waals surface area contributed by atoms with E-state index in [1.54, 1.807) is 0 Å². The van der Waals surface area contributed by atoms with Gasteiger partial charge in [0.15, 0.2) is 0 Å². The first kappa shape index (κ1) is 11.1. The first-order chi connectivity index (χ1) is 7.70. The number of benzene rings is 1. The Labute approximate surface area is 96.0 Å². The minimum absolute atomic E-state index is 0.0659. The van der Waals surface area contributed by atoms with E-state index >= 15 is 0 Å². The summed E-state index contributed by atoms with van der Waals surface area (Å²) < 4.78 is 0. The van der Waals surface area contributed by atoms with Gasteiger partial charge in [-0.25, -0.2) is 0 Å². The number of hydrogen-bond donors (Lipinski definition) is 2. The average molecular weight is 218 g/mol. The van der Waals surface area contributed by atoms with Gasteiger partial charge >= 0.3 is 0 Å². The second-order valence-corrected chi connectivity index (χ2v) is 4.52. The molecular weight excluding hydrogens is 200 g/mol. The molecule has 86 valence electrons. The third-order valence-electron chi connectivity index (χ3n) is 3.16. The minimum Gasteiger partial charge on any atom is -0.352 e. The van der Waals surface area contributed by atoms with Crippen LogP contribution in [0.15, 0.2) is 24.3 Å². The van der Waals surface area contributed by atoms with E-state index in [4.69, 9.17) is 5.73 Å². The second-order valence-electron chi connectivity index (χ2n) is 4.52. The van der Waals surface area contributed by atoms with E-state index in [1.807, 2.05) is 19.1 Å². The van der Waals surface area contributed by atoms with Crippen molar-refractivity contribution in [3.63, 3.8) is 0 Å². The lowest BCUT2D eigenvalue weighted by Crippen LogP contribution is -2.41. The van der Waals surface area contributed by atoms with Gasteiger partial charge in [0.05, 0.1) is 0 Å². The van der Waals surface area contributed by atoms with Gasteiger partial charge in [-0.15, -0.1) is 0 Å². The Kier molecular flexibility index (Phi) is 3.25. The molecule has 1 atom stereocenters. The fourth-order valence-corrected chi connectivity index (χ4v) is 2.16. The fraction of sp³-hybridized carbons (Fsp3) is 0.462. The molecule has 0 aromatic heterocycles. The van der Waals surface area contributed by atoms with Gasteiger partial charge in [0, 0.05) is 18.5 Å². The molecule has 0 spiro atoms. The largest absolute Gasteiger partial charge is 0.352 e. The van der Waals surface area contributed by atoms with Crippen molar-refractivity contribution in [1.82, 2.24) is 5.32 Å². The van der Waals surface area contributed by atoms with Crippen molar-refractivity contribution in [2.75, 3.05) is 6.54 Å². The Hall–Kier alpha value is -1.35. The Morgan fingerprint density at radius 3 is 2.50 bits per heavy atom. The molecule has 0 fully saturated rings. The third-order valence-corrected chi connectivity index (χ3v) is 3.16. The van der Waals surface area contributed by atoms with Crippen LogP contribution in [0, 0.1) is 5.92 Å². The number of amides is 1. The number of fused-ring (bicyclic) bond motifs is 1. The normalized spacial score (nSPS) is 16.9. The highest BCUT2D eigenvalue weighted by atomic mass is 16.1. The molecule has 0 saturated carbocycles. The maximum Gasteiger partial charge on any atom is 0.224 e. The number of carbonyl (C=O) groups excluding carboxylic acids is 1. The molecule has 1 aliphatic rings. The van der Waals surface area contributed by atoms with E-state index in [-0.39, 0.29) is 17.9 Å². The smallest absolute Gasteiger partial charge is 0.224 e. The van der Waals surface area contributed by atoms with Gasteiger partial charge in [0.2, 0.25) is 5.91 Å². The molecule has 3 heteroatoms. The van der Waals surface area contributed by atoms with Gasteiger partial charge in [-0.05, 0) is 30.9 Å². The zero-order valence-electron chi connectivity index (χ0n) is 9.57. The zero-order chi connectivity index (χ0) is 11.5. The first-order valence-corrected chi connectivity index (χ1v) is 5.78. The summed E-state index contributed by atoms with van der Waals surface area (Å²) in [5.41, 5.74) is 8.11. The van der Waals surface area contributed by atoms with E-state index in [2.05, 4.69) is 17.4 Å². The van der Waals surface area contributed by atoms with Crippen LogP contribution in [0.3, 0.4) is 0 Å². The van der Waals surface area contributed by atoms with Gasteiger partial charge < -0.3 is 11.1 Å². The highest BCUT2D eigenvalue weighted by Crippen LogP contribution is 2.26.